The summed E-state index contributed by atoms with van der Waals surface area (Å²) in [7, 11) is 1.70. The number of hydrogen-bond donors (Lipinski definition) is 1. The summed E-state index contributed by atoms with van der Waals surface area (Å²) in [6.07, 6.45) is 7.53. The SMILES string of the molecule is COCC(C)C(O)C1CCCCCC1. The third-order valence-electron chi connectivity index (χ3n) is 3.40. The zero-order chi connectivity index (χ0) is 10.4. The van der Waals surface area contributed by atoms with E-state index in [2.05, 4.69) is 6.92 Å². The smallest absolute Gasteiger partial charge is 0.0615 e. The van der Waals surface area contributed by atoms with Crippen molar-refractivity contribution >= 4 is 0 Å². The molecule has 0 radical (unpaired) electrons. The molecule has 0 aromatic carbocycles. The highest BCUT2D eigenvalue weighted by Crippen LogP contribution is 2.28. The molecule has 14 heavy (non-hydrogen) atoms. The van der Waals surface area contributed by atoms with E-state index >= 15 is 0 Å². The molecule has 0 aromatic heterocycles. The Balaban J connectivity index is 2.36. The maximum atomic E-state index is 10.1. The van der Waals surface area contributed by atoms with Crippen LogP contribution in [0.25, 0.3) is 0 Å². The maximum absolute atomic E-state index is 10.1. The molecule has 1 N–H and O–H groups in total. The first-order valence-electron chi connectivity index (χ1n) is 5.92. The Morgan fingerprint density at radius 2 is 1.79 bits per heavy atom. The molecule has 0 amide bonds. The number of aliphatic hydroxyl groups is 1. The Kier molecular flexibility index (Phi) is 5.49. The van der Waals surface area contributed by atoms with Gasteiger partial charge in [-0.15, -0.1) is 0 Å². The van der Waals surface area contributed by atoms with E-state index in [-0.39, 0.29) is 12.0 Å². The first kappa shape index (κ1) is 12.0. The molecule has 0 heterocycles. The van der Waals surface area contributed by atoms with Crippen molar-refractivity contribution in [2.45, 2.75) is 51.6 Å². The van der Waals surface area contributed by atoms with Gasteiger partial charge in [-0.3, -0.25) is 0 Å². The van der Waals surface area contributed by atoms with Gasteiger partial charge < -0.3 is 9.84 Å². The van der Waals surface area contributed by atoms with E-state index in [1.54, 1.807) is 7.11 Å². The van der Waals surface area contributed by atoms with Gasteiger partial charge in [-0.2, -0.15) is 0 Å². The van der Waals surface area contributed by atoms with Crippen molar-refractivity contribution in [1.82, 2.24) is 0 Å². The van der Waals surface area contributed by atoms with Crippen LogP contribution in [0, 0.1) is 11.8 Å². The second kappa shape index (κ2) is 6.41. The molecule has 0 aromatic rings. The normalized spacial score (nSPS) is 24.2. The van der Waals surface area contributed by atoms with Gasteiger partial charge in [-0.25, -0.2) is 0 Å². The van der Waals surface area contributed by atoms with E-state index in [9.17, 15) is 5.11 Å². The van der Waals surface area contributed by atoms with Crippen LogP contribution in [-0.2, 0) is 4.74 Å². The Hall–Kier alpha value is -0.0800. The molecule has 0 saturated heterocycles. The van der Waals surface area contributed by atoms with E-state index in [0.717, 1.165) is 0 Å². The average molecular weight is 200 g/mol. The summed E-state index contributed by atoms with van der Waals surface area (Å²) in [6, 6.07) is 0. The molecular weight excluding hydrogens is 176 g/mol. The molecule has 2 nitrogen and oxygen atoms in total. The molecule has 0 spiro atoms. The Morgan fingerprint density at radius 1 is 1.21 bits per heavy atom. The molecule has 1 fully saturated rings. The zero-order valence-corrected chi connectivity index (χ0v) is 9.54. The summed E-state index contributed by atoms with van der Waals surface area (Å²) >= 11 is 0. The highest BCUT2D eigenvalue weighted by atomic mass is 16.5. The van der Waals surface area contributed by atoms with Crippen LogP contribution in [0.2, 0.25) is 0 Å². The largest absolute Gasteiger partial charge is 0.392 e. The fourth-order valence-electron chi connectivity index (χ4n) is 2.48. The molecule has 2 atom stereocenters. The summed E-state index contributed by atoms with van der Waals surface area (Å²) in [5.41, 5.74) is 0. The van der Waals surface area contributed by atoms with Crippen LogP contribution in [0.4, 0.5) is 0 Å². The highest BCUT2D eigenvalue weighted by Gasteiger charge is 2.25. The first-order chi connectivity index (χ1) is 6.75. The van der Waals surface area contributed by atoms with Crippen molar-refractivity contribution in [2.24, 2.45) is 11.8 Å². The van der Waals surface area contributed by atoms with Gasteiger partial charge in [-0.1, -0.05) is 32.6 Å². The number of hydrogen-bond acceptors (Lipinski definition) is 2. The Labute approximate surface area is 87.7 Å². The lowest BCUT2D eigenvalue weighted by Gasteiger charge is -2.26. The summed E-state index contributed by atoms with van der Waals surface area (Å²) in [5.74, 6) is 0.797. The lowest BCUT2D eigenvalue weighted by atomic mass is 9.87. The monoisotopic (exact) mass is 200 g/mol. The number of methoxy groups -OCH3 is 1. The van der Waals surface area contributed by atoms with Crippen molar-refractivity contribution in [3.63, 3.8) is 0 Å². The van der Waals surface area contributed by atoms with Crippen molar-refractivity contribution < 1.29 is 9.84 Å². The molecule has 1 aliphatic rings. The van der Waals surface area contributed by atoms with Gasteiger partial charge in [0.15, 0.2) is 0 Å². The van der Waals surface area contributed by atoms with Crippen LogP contribution in [0.15, 0.2) is 0 Å². The molecule has 0 aliphatic heterocycles. The quantitative estimate of drug-likeness (QED) is 0.707. The van der Waals surface area contributed by atoms with Crippen molar-refractivity contribution in [3.8, 4) is 0 Å². The minimum Gasteiger partial charge on any atom is -0.392 e. The fourth-order valence-corrected chi connectivity index (χ4v) is 2.48. The number of rotatable bonds is 4. The minimum absolute atomic E-state index is 0.159. The average Bonchev–Trinajstić information content (AvgIpc) is 2.45. The van der Waals surface area contributed by atoms with Crippen molar-refractivity contribution in [1.29, 1.82) is 0 Å². The van der Waals surface area contributed by atoms with Gasteiger partial charge >= 0.3 is 0 Å². The predicted octanol–water partition coefficient (Wildman–Crippen LogP) is 2.60. The summed E-state index contributed by atoms with van der Waals surface area (Å²) < 4.78 is 5.09. The highest BCUT2D eigenvalue weighted by molar-refractivity contribution is 4.75. The van der Waals surface area contributed by atoms with Crippen LogP contribution in [0.3, 0.4) is 0 Å². The van der Waals surface area contributed by atoms with Crippen LogP contribution in [-0.4, -0.2) is 24.9 Å². The van der Waals surface area contributed by atoms with Crippen molar-refractivity contribution in [2.75, 3.05) is 13.7 Å². The van der Waals surface area contributed by atoms with E-state index in [1.165, 1.54) is 38.5 Å². The standard InChI is InChI=1S/C12H24O2/c1-10(9-14-2)12(13)11-7-5-3-4-6-8-11/h10-13H,3-9H2,1-2H3. The van der Waals surface area contributed by atoms with Gasteiger partial charge in [0.1, 0.15) is 0 Å². The fraction of sp³-hybridized carbons (Fsp3) is 1.00. The summed E-state index contributed by atoms with van der Waals surface area (Å²) in [6.45, 7) is 2.76. The first-order valence-corrected chi connectivity index (χ1v) is 5.92. The molecule has 2 unspecified atom stereocenters. The predicted molar refractivity (Wildman–Crippen MR) is 58.2 cm³/mol. The third kappa shape index (κ3) is 3.58. The van der Waals surface area contributed by atoms with Gasteiger partial charge in [0, 0.05) is 13.0 Å². The topological polar surface area (TPSA) is 29.5 Å². The maximum Gasteiger partial charge on any atom is 0.0615 e. The molecule has 84 valence electrons. The van der Waals surface area contributed by atoms with Crippen LogP contribution in [0.1, 0.15) is 45.4 Å². The lowest BCUT2D eigenvalue weighted by Crippen LogP contribution is -2.29. The minimum atomic E-state index is -0.159. The van der Waals surface area contributed by atoms with Crippen LogP contribution < -0.4 is 0 Å². The number of aliphatic hydroxyl groups excluding tert-OH is 1. The van der Waals surface area contributed by atoms with E-state index in [0.29, 0.717) is 12.5 Å². The molecular formula is C12H24O2. The van der Waals surface area contributed by atoms with E-state index in [1.807, 2.05) is 0 Å². The van der Waals surface area contributed by atoms with Gasteiger partial charge in [0.25, 0.3) is 0 Å². The summed E-state index contributed by atoms with van der Waals surface area (Å²) in [4.78, 5) is 0. The Bertz CT molecular complexity index is 139. The lowest BCUT2D eigenvalue weighted by molar-refractivity contribution is 0.0136. The Morgan fingerprint density at radius 3 is 2.29 bits per heavy atom. The van der Waals surface area contributed by atoms with Crippen LogP contribution in [0.5, 0.6) is 0 Å². The van der Waals surface area contributed by atoms with Gasteiger partial charge in [0.05, 0.1) is 12.7 Å². The molecule has 1 saturated carbocycles. The molecule has 1 aliphatic carbocycles. The number of ether oxygens (including phenoxy) is 1. The second-order valence-corrected chi connectivity index (χ2v) is 4.67. The summed E-state index contributed by atoms with van der Waals surface area (Å²) in [5, 5.41) is 10.1. The van der Waals surface area contributed by atoms with Crippen LogP contribution >= 0.6 is 0 Å². The third-order valence-corrected chi connectivity index (χ3v) is 3.40. The van der Waals surface area contributed by atoms with Gasteiger partial charge in [-0.05, 0) is 18.8 Å². The molecule has 1 rings (SSSR count). The zero-order valence-electron chi connectivity index (χ0n) is 9.54. The molecule has 2 heteroatoms. The van der Waals surface area contributed by atoms with E-state index < -0.39 is 0 Å². The molecule has 0 bridgehead atoms. The van der Waals surface area contributed by atoms with Crippen molar-refractivity contribution in [3.05, 3.63) is 0 Å². The van der Waals surface area contributed by atoms with Gasteiger partial charge in [0.2, 0.25) is 0 Å². The van der Waals surface area contributed by atoms with E-state index in [4.69, 9.17) is 4.74 Å². The second-order valence-electron chi connectivity index (χ2n) is 4.67.